The molecule has 1 rings (SSSR count). The van der Waals surface area contributed by atoms with Crippen molar-refractivity contribution in [2.45, 2.75) is 13.0 Å². The summed E-state index contributed by atoms with van der Waals surface area (Å²) < 4.78 is 21.0. The molecule has 0 fully saturated rings. The lowest BCUT2D eigenvalue weighted by molar-refractivity contribution is -0.00456. The van der Waals surface area contributed by atoms with Crippen molar-refractivity contribution in [2.75, 3.05) is 40.1 Å². The van der Waals surface area contributed by atoms with Crippen LogP contribution in [-0.4, -0.2) is 57.6 Å². The van der Waals surface area contributed by atoms with Crippen LogP contribution in [0.15, 0.2) is 18.2 Å². The van der Waals surface area contributed by atoms with E-state index in [0.717, 1.165) is 6.29 Å². The first-order valence-corrected chi connectivity index (χ1v) is 6.80. The van der Waals surface area contributed by atoms with Crippen molar-refractivity contribution in [1.29, 1.82) is 0 Å². The number of hydrogen-bond acceptors (Lipinski definition) is 6. The third-order valence-corrected chi connectivity index (χ3v) is 2.58. The minimum atomic E-state index is -0.748. The number of rotatable bonds is 11. The van der Waals surface area contributed by atoms with Gasteiger partial charge in [-0.25, -0.2) is 0 Å². The second-order valence-corrected chi connectivity index (χ2v) is 4.29. The maximum Gasteiger partial charge on any atom is 0.161 e. The molecule has 0 saturated heterocycles. The minimum absolute atomic E-state index is 0.0769. The van der Waals surface area contributed by atoms with Gasteiger partial charge in [-0.1, -0.05) is 0 Å². The van der Waals surface area contributed by atoms with Gasteiger partial charge in [-0.2, -0.15) is 0 Å². The van der Waals surface area contributed by atoms with Crippen LogP contribution in [-0.2, 0) is 9.47 Å². The summed E-state index contributed by atoms with van der Waals surface area (Å²) in [5, 5.41) is 9.74. The van der Waals surface area contributed by atoms with Crippen molar-refractivity contribution in [2.24, 2.45) is 0 Å². The SMILES string of the molecule is CCOc1cc(C=O)ccc1OCC(O)COCCOC. The van der Waals surface area contributed by atoms with Crippen LogP contribution in [0.3, 0.4) is 0 Å². The van der Waals surface area contributed by atoms with Crippen LogP contribution in [0.25, 0.3) is 0 Å². The van der Waals surface area contributed by atoms with Crippen LogP contribution < -0.4 is 9.47 Å². The van der Waals surface area contributed by atoms with E-state index < -0.39 is 6.10 Å². The van der Waals surface area contributed by atoms with Crippen LogP contribution in [0.1, 0.15) is 17.3 Å². The third-order valence-electron chi connectivity index (χ3n) is 2.58. The minimum Gasteiger partial charge on any atom is -0.490 e. The summed E-state index contributed by atoms with van der Waals surface area (Å²) in [6.07, 6.45) is -0.00721. The number of ether oxygens (including phenoxy) is 4. The first-order chi connectivity index (χ1) is 10.2. The van der Waals surface area contributed by atoms with E-state index in [9.17, 15) is 9.90 Å². The molecule has 6 nitrogen and oxygen atoms in total. The van der Waals surface area contributed by atoms with Crippen LogP contribution >= 0.6 is 0 Å². The molecule has 1 aromatic carbocycles. The maximum absolute atomic E-state index is 10.7. The third kappa shape index (κ3) is 6.57. The number of carbonyl (C=O) groups is 1. The van der Waals surface area contributed by atoms with Crippen molar-refractivity contribution >= 4 is 6.29 Å². The maximum atomic E-state index is 10.7. The number of methoxy groups -OCH3 is 1. The number of hydrogen-bond donors (Lipinski definition) is 1. The number of carbonyl (C=O) groups excluding carboxylic acids is 1. The van der Waals surface area contributed by atoms with E-state index in [1.165, 1.54) is 0 Å². The first-order valence-electron chi connectivity index (χ1n) is 6.80. The molecule has 118 valence electrons. The molecule has 0 heterocycles. The molecule has 21 heavy (non-hydrogen) atoms. The second kappa shape index (κ2) is 10.1. The summed E-state index contributed by atoms with van der Waals surface area (Å²) in [5.41, 5.74) is 0.509. The van der Waals surface area contributed by atoms with Gasteiger partial charge in [0, 0.05) is 12.7 Å². The van der Waals surface area contributed by atoms with E-state index >= 15 is 0 Å². The Morgan fingerprint density at radius 1 is 1.19 bits per heavy atom. The van der Waals surface area contributed by atoms with E-state index in [4.69, 9.17) is 18.9 Å². The van der Waals surface area contributed by atoms with Gasteiger partial charge in [0.1, 0.15) is 19.0 Å². The van der Waals surface area contributed by atoms with Gasteiger partial charge >= 0.3 is 0 Å². The number of aliphatic hydroxyl groups excluding tert-OH is 1. The second-order valence-electron chi connectivity index (χ2n) is 4.29. The van der Waals surface area contributed by atoms with Gasteiger partial charge in [-0.3, -0.25) is 4.79 Å². The highest BCUT2D eigenvalue weighted by Gasteiger charge is 2.10. The molecule has 0 radical (unpaired) electrons. The molecule has 0 amide bonds. The van der Waals surface area contributed by atoms with Crippen molar-refractivity contribution in [3.63, 3.8) is 0 Å². The summed E-state index contributed by atoms with van der Waals surface area (Å²) in [5.74, 6) is 0.966. The lowest BCUT2D eigenvalue weighted by Crippen LogP contribution is -2.24. The van der Waals surface area contributed by atoms with Gasteiger partial charge in [0.15, 0.2) is 11.5 Å². The van der Waals surface area contributed by atoms with Gasteiger partial charge in [0.2, 0.25) is 0 Å². The van der Waals surface area contributed by atoms with Gasteiger partial charge in [0.05, 0.1) is 26.4 Å². The average Bonchev–Trinajstić information content (AvgIpc) is 2.50. The molecule has 0 aliphatic carbocycles. The molecule has 0 aromatic heterocycles. The van der Waals surface area contributed by atoms with E-state index in [2.05, 4.69) is 0 Å². The van der Waals surface area contributed by atoms with E-state index in [1.807, 2.05) is 6.92 Å². The topological polar surface area (TPSA) is 74.2 Å². The van der Waals surface area contributed by atoms with E-state index in [0.29, 0.717) is 36.9 Å². The summed E-state index contributed by atoms with van der Waals surface area (Å²) in [7, 11) is 1.58. The Kier molecular flexibility index (Phi) is 8.42. The zero-order valence-electron chi connectivity index (χ0n) is 12.4. The van der Waals surface area contributed by atoms with Gasteiger partial charge in [-0.15, -0.1) is 0 Å². The summed E-state index contributed by atoms with van der Waals surface area (Å²) in [4.78, 5) is 10.7. The molecule has 0 aliphatic rings. The van der Waals surface area contributed by atoms with Crippen LogP contribution in [0, 0.1) is 0 Å². The lowest BCUT2D eigenvalue weighted by Gasteiger charge is -2.15. The number of benzene rings is 1. The van der Waals surface area contributed by atoms with E-state index in [1.54, 1.807) is 25.3 Å². The highest BCUT2D eigenvalue weighted by Crippen LogP contribution is 2.28. The fraction of sp³-hybridized carbons (Fsp3) is 0.533. The first kappa shape index (κ1) is 17.4. The Morgan fingerprint density at radius 2 is 2.00 bits per heavy atom. The Labute approximate surface area is 124 Å². The molecular formula is C15H22O6. The largest absolute Gasteiger partial charge is 0.490 e. The predicted molar refractivity (Wildman–Crippen MR) is 77.2 cm³/mol. The average molecular weight is 298 g/mol. The summed E-state index contributed by atoms with van der Waals surface area (Å²) >= 11 is 0. The van der Waals surface area contributed by atoms with Crippen molar-refractivity contribution < 1.29 is 28.8 Å². The van der Waals surface area contributed by atoms with Crippen molar-refractivity contribution in [1.82, 2.24) is 0 Å². The number of aldehydes is 1. The van der Waals surface area contributed by atoms with Crippen molar-refractivity contribution in [3.05, 3.63) is 23.8 Å². The molecule has 0 spiro atoms. The van der Waals surface area contributed by atoms with Crippen molar-refractivity contribution in [3.8, 4) is 11.5 Å². The smallest absolute Gasteiger partial charge is 0.161 e. The summed E-state index contributed by atoms with van der Waals surface area (Å²) in [6.45, 7) is 3.45. The molecular weight excluding hydrogens is 276 g/mol. The van der Waals surface area contributed by atoms with Crippen LogP contribution in [0.2, 0.25) is 0 Å². The fourth-order valence-corrected chi connectivity index (χ4v) is 1.58. The fourth-order valence-electron chi connectivity index (χ4n) is 1.58. The highest BCUT2D eigenvalue weighted by molar-refractivity contribution is 5.76. The van der Waals surface area contributed by atoms with Gasteiger partial charge in [0.25, 0.3) is 0 Å². The number of aliphatic hydroxyl groups is 1. The lowest BCUT2D eigenvalue weighted by atomic mass is 10.2. The molecule has 6 heteroatoms. The van der Waals surface area contributed by atoms with Crippen LogP contribution in [0.5, 0.6) is 11.5 Å². The monoisotopic (exact) mass is 298 g/mol. The Morgan fingerprint density at radius 3 is 2.67 bits per heavy atom. The molecule has 0 aliphatic heterocycles. The van der Waals surface area contributed by atoms with E-state index in [-0.39, 0.29) is 13.2 Å². The van der Waals surface area contributed by atoms with Gasteiger partial charge < -0.3 is 24.1 Å². The van der Waals surface area contributed by atoms with Crippen LogP contribution in [0.4, 0.5) is 0 Å². The Balaban J connectivity index is 2.48. The normalized spacial score (nSPS) is 12.0. The Bertz CT molecular complexity index is 421. The Hall–Kier alpha value is -1.63. The zero-order valence-corrected chi connectivity index (χ0v) is 12.4. The summed E-state index contributed by atoms with van der Waals surface area (Å²) in [6, 6.07) is 4.88. The highest BCUT2D eigenvalue weighted by atomic mass is 16.5. The molecule has 1 unspecified atom stereocenters. The molecule has 1 aromatic rings. The molecule has 1 N–H and O–H groups in total. The molecule has 1 atom stereocenters. The van der Waals surface area contributed by atoms with Gasteiger partial charge in [-0.05, 0) is 25.1 Å². The molecule has 0 bridgehead atoms. The quantitative estimate of drug-likeness (QED) is 0.490. The molecule has 0 saturated carbocycles. The predicted octanol–water partition coefficient (Wildman–Crippen LogP) is 1.30. The standard InChI is InChI=1S/C15H22O6/c1-3-20-15-8-12(9-16)4-5-14(15)21-11-13(17)10-19-7-6-18-2/h4-5,8-9,13,17H,3,6-7,10-11H2,1-2H3. The zero-order chi connectivity index (χ0) is 15.5.